The van der Waals surface area contributed by atoms with Crippen LogP contribution in [0.4, 0.5) is 17.1 Å². The number of nitrogens with one attached hydrogen (secondary N) is 1. The van der Waals surface area contributed by atoms with Crippen LogP contribution in [0.1, 0.15) is 0 Å². The highest BCUT2D eigenvalue weighted by Gasteiger charge is 2.08. The van der Waals surface area contributed by atoms with Gasteiger partial charge in [-0.25, -0.2) is 0 Å². The van der Waals surface area contributed by atoms with E-state index in [1.165, 1.54) is 0 Å². The summed E-state index contributed by atoms with van der Waals surface area (Å²) in [5, 5.41) is 4.95. The molecular weight excluding hydrogens is 286 g/mol. The molecule has 3 N–H and O–H groups in total. The smallest absolute Gasteiger partial charge is 0.121 e. The van der Waals surface area contributed by atoms with Crippen molar-refractivity contribution in [3.63, 3.8) is 0 Å². The second-order valence-electron chi connectivity index (χ2n) is 4.60. The highest BCUT2D eigenvalue weighted by atomic mass is 35.5. The van der Waals surface area contributed by atoms with E-state index >= 15 is 0 Å². The number of hydrogen-bond acceptors (Lipinski definition) is 4. The third-order valence-electron chi connectivity index (χ3n) is 3.21. The molecule has 3 aromatic rings. The molecule has 5 heteroatoms. The molecule has 0 unspecified atom stereocenters. The summed E-state index contributed by atoms with van der Waals surface area (Å²) in [7, 11) is 1.61. The first-order chi connectivity index (χ1) is 10.2. The van der Waals surface area contributed by atoms with Crippen molar-refractivity contribution in [3.8, 4) is 5.75 Å². The van der Waals surface area contributed by atoms with Crippen molar-refractivity contribution in [3.05, 3.63) is 53.7 Å². The molecule has 106 valence electrons. The Balaban J connectivity index is 2.09. The van der Waals surface area contributed by atoms with Gasteiger partial charge in [-0.2, -0.15) is 0 Å². The molecule has 0 radical (unpaired) electrons. The van der Waals surface area contributed by atoms with E-state index in [4.69, 9.17) is 22.1 Å². The highest BCUT2D eigenvalue weighted by Crippen LogP contribution is 2.32. The molecule has 1 aromatic heterocycles. The Hall–Kier alpha value is -2.46. The van der Waals surface area contributed by atoms with Gasteiger partial charge in [-0.3, -0.25) is 4.98 Å². The number of rotatable bonds is 3. The second-order valence-corrected chi connectivity index (χ2v) is 5.04. The van der Waals surface area contributed by atoms with Crippen LogP contribution in [0.2, 0.25) is 5.02 Å². The quantitative estimate of drug-likeness (QED) is 0.711. The number of aromatic nitrogens is 1. The molecule has 0 fully saturated rings. The van der Waals surface area contributed by atoms with E-state index in [9.17, 15) is 0 Å². The topological polar surface area (TPSA) is 60.2 Å². The monoisotopic (exact) mass is 299 g/mol. The van der Waals surface area contributed by atoms with Crippen LogP contribution in [0.15, 0.2) is 48.7 Å². The first-order valence-corrected chi connectivity index (χ1v) is 6.80. The molecule has 0 aliphatic carbocycles. The van der Waals surface area contributed by atoms with Gasteiger partial charge in [0, 0.05) is 34.0 Å². The third-order valence-corrected chi connectivity index (χ3v) is 3.46. The number of pyridine rings is 1. The Bertz CT molecular complexity index is 787. The number of ether oxygens (including phenoxy) is 1. The number of hydrogen-bond donors (Lipinski definition) is 2. The van der Waals surface area contributed by atoms with Crippen LogP contribution in [0.25, 0.3) is 10.9 Å². The first-order valence-electron chi connectivity index (χ1n) is 6.42. The minimum Gasteiger partial charge on any atom is -0.497 e. The summed E-state index contributed by atoms with van der Waals surface area (Å²) in [5.74, 6) is 0.701. The number of nitrogens with two attached hydrogens (primary N) is 1. The van der Waals surface area contributed by atoms with Gasteiger partial charge < -0.3 is 15.8 Å². The predicted octanol–water partition coefficient (Wildman–Crippen LogP) is 4.22. The van der Waals surface area contributed by atoms with Crippen molar-refractivity contribution in [2.45, 2.75) is 0 Å². The Labute approximate surface area is 127 Å². The number of methoxy groups -OCH3 is 1. The van der Waals surface area contributed by atoms with Crippen LogP contribution in [0, 0.1) is 0 Å². The summed E-state index contributed by atoms with van der Waals surface area (Å²) in [4.78, 5) is 4.33. The van der Waals surface area contributed by atoms with Crippen molar-refractivity contribution in [1.29, 1.82) is 0 Å². The molecule has 4 nitrogen and oxygen atoms in total. The summed E-state index contributed by atoms with van der Waals surface area (Å²) < 4.78 is 5.27. The van der Waals surface area contributed by atoms with E-state index in [0.717, 1.165) is 22.3 Å². The first kappa shape index (κ1) is 13.5. The standard InChI is InChI=1S/C16H14ClN3O/c1-21-12-8-13-15(6-7-19-16(13)14(18)9-12)20-11-4-2-10(17)3-5-11/h2-9H,18H2,1H3,(H,19,20). The molecule has 0 saturated carbocycles. The average molecular weight is 300 g/mol. The molecule has 21 heavy (non-hydrogen) atoms. The van der Waals surface area contributed by atoms with Crippen molar-refractivity contribution >= 4 is 39.6 Å². The van der Waals surface area contributed by atoms with Crippen molar-refractivity contribution in [2.75, 3.05) is 18.2 Å². The molecule has 0 spiro atoms. The van der Waals surface area contributed by atoms with Crippen molar-refractivity contribution < 1.29 is 4.74 Å². The van der Waals surface area contributed by atoms with Crippen LogP contribution in [0.3, 0.4) is 0 Å². The molecule has 3 rings (SSSR count). The predicted molar refractivity (Wildman–Crippen MR) is 87.4 cm³/mol. The van der Waals surface area contributed by atoms with Crippen LogP contribution in [-0.4, -0.2) is 12.1 Å². The average Bonchev–Trinajstić information content (AvgIpc) is 2.50. The maximum absolute atomic E-state index is 6.03. The molecular formula is C16H14ClN3O. The number of benzene rings is 2. The molecule has 0 atom stereocenters. The van der Waals surface area contributed by atoms with Crippen LogP contribution < -0.4 is 15.8 Å². The lowest BCUT2D eigenvalue weighted by atomic mass is 10.1. The van der Waals surface area contributed by atoms with Gasteiger partial charge in [-0.1, -0.05) is 11.6 Å². The summed E-state index contributed by atoms with van der Waals surface area (Å²) in [6.07, 6.45) is 1.73. The summed E-state index contributed by atoms with van der Waals surface area (Å²) >= 11 is 5.90. The zero-order valence-electron chi connectivity index (χ0n) is 11.4. The fourth-order valence-electron chi connectivity index (χ4n) is 2.17. The number of anilines is 3. The van der Waals surface area contributed by atoms with Gasteiger partial charge in [0.05, 0.1) is 18.3 Å². The zero-order valence-corrected chi connectivity index (χ0v) is 12.2. The van der Waals surface area contributed by atoms with E-state index in [2.05, 4.69) is 10.3 Å². The minimum absolute atomic E-state index is 0.587. The third kappa shape index (κ3) is 2.71. The summed E-state index contributed by atoms with van der Waals surface area (Å²) in [6.45, 7) is 0. The number of fused-ring (bicyclic) bond motifs is 1. The van der Waals surface area contributed by atoms with Crippen molar-refractivity contribution in [1.82, 2.24) is 4.98 Å². The van der Waals surface area contributed by atoms with Gasteiger partial charge in [-0.15, -0.1) is 0 Å². The molecule has 0 aliphatic heterocycles. The van der Waals surface area contributed by atoms with Gasteiger partial charge in [0.25, 0.3) is 0 Å². The van der Waals surface area contributed by atoms with E-state index in [1.807, 2.05) is 36.4 Å². The zero-order chi connectivity index (χ0) is 14.8. The number of nitrogens with zero attached hydrogens (tertiary/aromatic N) is 1. The molecule has 0 saturated heterocycles. The second kappa shape index (κ2) is 5.50. The fraction of sp³-hybridized carbons (Fsp3) is 0.0625. The van der Waals surface area contributed by atoms with Crippen LogP contribution in [-0.2, 0) is 0 Å². The Morgan fingerprint density at radius 3 is 2.62 bits per heavy atom. The van der Waals surface area contributed by atoms with Gasteiger partial charge in [0.2, 0.25) is 0 Å². The van der Waals surface area contributed by atoms with Crippen LogP contribution in [0.5, 0.6) is 5.75 Å². The molecule has 2 aromatic carbocycles. The molecule has 1 heterocycles. The highest BCUT2D eigenvalue weighted by molar-refractivity contribution is 6.30. The Morgan fingerprint density at radius 1 is 1.14 bits per heavy atom. The van der Waals surface area contributed by atoms with Gasteiger partial charge in [0.15, 0.2) is 0 Å². The normalized spacial score (nSPS) is 10.6. The largest absolute Gasteiger partial charge is 0.497 e. The van der Waals surface area contributed by atoms with E-state index < -0.39 is 0 Å². The molecule has 0 bridgehead atoms. The number of nitrogen functional groups attached to an aromatic ring is 1. The minimum atomic E-state index is 0.587. The maximum Gasteiger partial charge on any atom is 0.121 e. The number of halogens is 1. The summed E-state index contributed by atoms with van der Waals surface area (Å²) in [5.41, 5.74) is 9.21. The Morgan fingerprint density at radius 2 is 1.90 bits per heavy atom. The van der Waals surface area contributed by atoms with E-state index in [0.29, 0.717) is 16.5 Å². The lowest BCUT2D eigenvalue weighted by Gasteiger charge is -2.12. The Kier molecular flexibility index (Phi) is 3.54. The maximum atomic E-state index is 6.03. The summed E-state index contributed by atoms with van der Waals surface area (Å²) in [6, 6.07) is 13.1. The van der Waals surface area contributed by atoms with E-state index in [1.54, 1.807) is 19.4 Å². The molecule has 0 amide bonds. The SMILES string of the molecule is COc1cc(N)c2nccc(Nc3ccc(Cl)cc3)c2c1. The van der Waals surface area contributed by atoms with E-state index in [-0.39, 0.29) is 0 Å². The lowest BCUT2D eigenvalue weighted by Crippen LogP contribution is -1.96. The van der Waals surface area contributed by atoms with Crippen LogP contribution >= 0.6 is 11.6 Å². The molecule has 0 aliphatic rings. The lowest BCUT2D eigenvalue weighted by molar-refractivity contribution is 0.415. The van der Waals surface area contributed by atoms with Gasteiger partial charge >= 0.3 is 0 Å². The van der Waals surface area contributed by atoms with Gasteiger partial charge in [0.1, 0.15) is 5.75 Å². The fourth-order valence-corrected chi connectivity index (χ4v) is 2.30. The van der Waals surface area contributed by atoms with Gasteiger partial charge in [-0.05, 0) is 36.4 Å². The van der Waals surface area contributed by atoms with Crippen molar-refractivity contribution in [2.24, 2.45) is 0 Å².